The third kappa shape index (κ3) is 3.54. The minimum atomic E-state index is -1.09. The van der Waals surface area contributed by atoms with E-state index in [-0.39, 0.29) is 5.04 Å². The van der Waals surface area contributed by atoms with Gasteiger partial charge in [0.1, 0.15) is 5.60 Å². The number of carboxylic acid groups (broad SMARTS) is 1. The molecule has 0 saturated carbocycles. The van der Waals surface area contributed by atoms with Crippen molar-refractivity contribution in [3.05, 3.63) is 0 Å². The lowest BCUT2D eigenvalue weighted by Crippen LogP contribution is -2.31. The number of esters is 1. The first-order valence-electron chi connectivity index (χ1n) is 4.46. The van der Waals surface area contributed by atoms with Crippen molar-refractivity contribution >= 4 is 28.7 Å². The quantitative estimate of drug-likeness (QED) is 0.715. The minimum absolute atomic E-state index is 0.0224. The number of hydrogen-bond donors (Lipinski definition) is 1. The van der Waals surface area contributed by atoms with Gasteiger partial charge in [-0.1, -0.05) is 11.8 Å². The van der Waals surface area contributed by atoms with Gasteiger partial charge < -0.3 is 9.84 Å². The summed E-state index contributed by atoms with van der Waals surface area (Å²) in [5, 5.41) is 8.62. The Kier molecular flexibility index (Phi) is 3.38. The minimum Gasteiger partial charge on any atom is -0.476 e. The maximum atomic E-state index is 11.5. The van der Waals surface area contributed by atoms with Crippen LogP contribution in [-0.2, 0) is 14.3 Å². The highest BCUT2D eigenvalue weighted by Gasteiger charge is 2.31. The van der Waals surface area contributed by atoms with E-state index in [0.29, 0.717) is 5.75 Å². The van der Waals surface area contributed by atoms with E-state index >= 15 is 0 Å². The van der Waals surface area contributed by atoms with E-state index < -0.39 is 23.6 Å². The summed E-state index contributed by atoms with van der Waals surface area (Å²) < 4.78 is 5.10. The number of carbonyl (C=O) groups excluding carboxylic acids is 1. The highest BCUT2D eigenvalue weighted by Crippen LogP contribution is 2.21. The standard InChI is InChI=1S/C9H13NO4S/c1-9(2,3)14-8(13)5-4-15-6(10-5)7(11)12/h5H,4H2,1-3H3,(H,11,12). The van der Waals surface area contributed by atoms with Crippen LogP contribution in [0.2, 0.25) is 0 Å². The summed E-state index contributed by atoms with van der Waals surface area (Å²) in [5.41, 5.74) is -0.566. The average molecular weight is 231 g/mol. The Morgan fingerprint density at radius 3 is 2.53 bits per heavy atom. The van der Waals surface area contributed by atoms with Gasteiger partial charge in [-0.2, -0.15) is 0 Å². The average Bonchev–Trinajstić information content (AvgIpc) is 2.47. The molecular weight excluding hydrogens is 218 g/mol. The molecule has 0 saturated heterocycles. The molecule has 1 N–H and O–H groups in total. The summed E-state index contributed by atoms with van der Waals surface area (Å²) in [6, 6.07) is -0.680. The van der Waals surface area contributed by atoms with Gasteiger partial charge in [-0.3, -0.25) is 4.99 Å². The summed E-state index contributed by atoms with van der Waals surface area (Å²) in [7, 11) is 0. The number of nitrogens with zero attached hydrogens (tertiary/aromatic N) is 1. The molecule has 1 rings (SSSR count). The van der Waals surface area contributed by atoms with Crippen LogP contribution in [0.4, 0.5) is 0 Å². The Morgan fingerprint density at radius 1 is 1.53 bits per heavy atom. The summed E-state index contributed by atoms with van der Waals surface area (Å²) in [5.74, 6) is -1.21. The third-order valence-corrected chi connectivity index (χ3v) is 2.55. The van der Waals surface area contributed by atoms with E-state index in [1.165, 1.54) is 0 Å². The molecule has 15 heavy (non-hydrogen) atoms. The molecule has 1 heterocycles. The van der Waals surface area contributed by atoms with Gasteiger partial charge in [-0.15, -0.1) is 0 Å². The second kappa shape index (κ2) is 4.22. The number of ether oxygens (including phenoxy) is 1. The fourth-order valence-corrected chi connectivity index (χ4v) is 1.83. The van der Waals surface area contributed by atoms with Crippen molar-refractivity contribution in [1.29, 1.82) is 0 Å². The monoisotopic (exact) mass is 231 g/mol. The van der Waals surface area contributed by atoms with Crippen LogP contribution in [0, 0.1) is 0 Å². The van der Waals surface area contributed by atoms with Crippen molar-refractivity contribution in [3.63, 3.8) is 0 Å². The Morgan fingerprint density at radius 2 is 2.13 bits per heavy atom. The van der Waals surface area contributed by atoms with E-state index in [2.05, 4.69) is 4.99 Å². The molecule has 5 nitrogen and oxygen atoms in total. The van der Waals surface area contributed by atoms with E-state index in [1.54, 1.807) is 20.8 Å². The van der Waals surface area contributed by atoms with Gasteiger partial charge in [0.05, 0.1) is 0 Å². The largest absolute Gasteiger partial charge is 0.476 e. The topological polar surface area (TPSA) is 76.0 Å². The second-order valence-corrected chi connectivity index (χ2v) is 5.11. The number of rotatable bonds is 2. The van der Waals surface area contributed by atoms with Crippen LogP contribution in [0.15, 0.2) is 4.99 Å². The van der Waals surface area contributed by atoms with Crippen LogP contribution in [0.25, 0.3) is 0 Å². The Hall–Kier alpha value is -1.04. The van der Waals surface area contributed by atoms with Gasteiger partial charge >= 0.3 is 11.9 Å². The fourth-order valence-electron chi connectivity index (χ4n) is 0.981. The third-order valence-electron chi connectivity index (χ3n) is 1.51. The van der Waals surface area contributed by atoms with Crippen LogP contribution in [0.3, 0.4) is 0 Å². The molecule has 0 amide bonds. The van der Waals surface area contributed by atoms with Gasteiger partial charge in [0.15, 0.2) is 11.1 Å². The summed E-state index contributed by atoms with van der Waals surface area (Å²) in [6.07, 6.45) is 0. The van der Waals surface area contributed by atoms with Crippen LogP contribution >= 0.6 is 11.8 Å². The predicted molar refractivity (Wildman–Crippen MR) is 57.2 cm³/mol. The summed E-state index contributed by atoms with van der Waals surface area (Å²) in [6.45, 7) is 5.28. The van der Waals surface area contributed by atoms with Gasteiger partial charge in [0, 0.05) is 5.75 Å². The molecule has 0 aromatic rings. The molecule has 0 aromatic carbocycles. The molecule has 0 aromatic heterocycles. The van der Waals surface area contributed by atoms with Crippen molar-refractivity contribution in [2.24, 2.45) is 4.99 Å². The highest BCUT2D eigenvalue weighted by atomic mass is 32.2. The van der Waals surface area contributed by atoms with Crippen molar-refractivity contribution < 1.29 is 19.4 Å². The van der Waals surface area contributed by atoms with Crippen molar-refractivity contribution in [1.82, 2.24) is 0 Å². The number of aliphatic carboxylic acids is 1. The molecule has 0 radical (unpaired) electrons. The molecule has 1 aliphatic heterocycles. The molecule has 84 valence electrons. The van der Waals surface area contributed by atoms with Gasteiger partial charge in [0.25, 0.3) is 0 Å². The molecule has 0 bridgehead atoms. The number of carboxylic acids is 1. The molecule has 1 aliphatic rings. The lowest BCUT2D eigenvalue weighted by molar-refractivity contribution is -0.155. The van der Waals surface area contributed by atoms with Gasteiger partial charge in [-0.25, -0.2) is 9.59 Å². The van der Waals surface area contributed by atoms with E-state index in [1.807, 2.05) is 0 Å². The zero-order valence-corrected chi connectivity index (χ0v) is 9.63. The van der Waals surface area contributed by atoms with Crippen molar-refractivity contribution in [2.45, 2.75) is 32.4 Å². The SMILES string of the molecule is CC(C)(C)OC(=O)C1CSC(C(=O)O)=N1. The maximum absolute atomic E-state index is 11.5. The lowest BCUT2D eigenvalue weighted by Gasteiger charge is -2.20. The Labute approximate surface area is 91.9 Å². The van der Waals surface area contributed by atoms with Gasteiger partial charge in [-0.05, 0) is 20.8 Å². The van der Waals surface area contributed by atoms with Crippen LogP contribution in [0.5, 0.6) is 0 Å². The second-order valence-electron chi connectivity index (χ2n) is 4.10. The van der Waals surface area contributed by atoms with Gasteiger partial charge in [0.2, 0.25) is 0 Å². The van der Waals surface area contributed by atoms with Crippen LogP contribution in [0.1, 0.15) is 20.8 Å². The van der Waals surface area contributed by atoms with E-state index in [9.17, 15) is 9.59 Å². The molecular formula is C9H13NO4S. The first kappa shape index (κ1) is 12.0. The number of aliphatic imine (C=N–C) groups is 1. The predicted octanol–water partition coefficient (Wildman–Crippen LogP) is 0.927. The van der Waals surface area contributed by atoms with Crippen LogP contribution in [-0.4, -0.2) is 39.5 Å². The molecule has 1 unspecified atom stereocenters. The summed E-state index contributed by atoms with van der Waals surface area (Å²) in [4.78, 5) is 25.8. The Balaban J connectivity index is 2.61. The molecule has 6 heteroatoms. The molecule has 0 aliphatic carbocycles. The van der Waals surface area contributed by atoms with E-state index in [4.69, 9.17) is 9.84 Å². The van der Waals surface area contributed by atoms with E-state index in [0.717, 1.165) is 11.8 Å². The smallest absolute Gasteiger partial charge is 0.360 e. The highest BCUT2D eigenvalue weighted by molar-refractivity contribution is 8.16. The number of thioether (sulfide) groups is 1. The maximum Gasteiger partial charge on any atom is 0.360 e. The van der Waals surface area contributed by atoms with Crippen molar-refractivity contribution in [3.8, 4) is 0 Å². The first-order chi connectivity index (χ1) is 6.79. The Bertz CT molecular complexity index is 319. The normalized spacial score (nSPS) is 21.0. The molecule has 1 atom stereocenters. The van der Waals surface area contributed by atoms with Crippen LogP contribution < -0.4 is 0 Å². The molecule has 0 fully saturated rings. The fraction of sp³-hybridized carbons (Fsp3) is 0.667. The lowest BCUT2D eigenvalue weighted by atomic mass is 10.2. The zero-order valence-electron chi connectivity index (χ0n) is 8.81. The van der Waals surface area contributed by atoms with Crippen molar-refractivity contribution in [2.75, 3.05) is 5.75 Å². The first-order valence-corrected chi connectivity index (χ1v) is 5.45. The molecule has 0 spiro atoms. The number of hydrogen-bond acceptors (Lipinski definition) is 5. The summed E-state index contributed by atoms with van der Waals surface area (Å²) >= 11 is 1.06. The number of carbonyl (C=O) groups is 2. The zero-order chi connectivity index (χ0) is 11.6.